The van der Waals surface area contributed by atoms with E-state index in [4.69, 9.17) is 0 Å². The predicted octanol–water partition coefficient (Wildman–Crippen LogP) is 3.40. The van der Waals surface area contributed by atoms with E-state index in [2.05, 4.69) is 4.98 Å². The second-order valence-electron chi connectivity index (χ2n) is 5.21. The lowest BCUT2D eigenvalue weighted by Gasteiger charge is -2.08. The summed E-state index contributed by atoms with van der Waals surface area (Å²) >= 11 is 0. The monoisotopic (exact) mass is 293 g/mol. The lowest BCUT2D eigenvalue weighted by atomic mass is 9.99. The van der Waals surface area contributed by atoms with Gasteiger partial charge < -0.3 is 10.2 Å². The molecule has 3 aromatic rings. The number of aromatic nitrogens is 1. The van der Waals surface area contributed by atoms with Gasteiger partial charge in [0.25, 0.3) is 0 Å². The molecule has 0 spiro atoms. The van der Waals surface area contributed by atoms with Crippen LogP contribution in [0.2, 0.25) is 0 Å². The summed E-state index contributed by atoms with van der Waals surface area (Å²) in [7, 11) is 0. The molecule has 0 aliphatic rings. The van der Waals surface area contributed by atoms with Crippen molar-refractivity contribution in [3.63, 3.8) is 0 Å². The van der Waals surface area contributed by atoms with Gasteiger partial charge in [-0.25, -0.2) is 4.79 Å². The molecule has 0 atom stereocenters. The Morgan fingerprint density at radius 1 is 1.09 bits per heavy atom. The maximum atomic E-state index is 11.5. The van der Waals surface area contributed by atoms with Crippen molar-refractivity contribution in [3.05, 3.63) is 65.4 Å². The minimum Gasteiger partial charge on any atom is -0.478 e. The third-order valence-corrected chi connectivity index (χ3v) is 3.61. The van der Waals surface area contributed by atoms with Crippen LogP contribution in [0.25, 0.3) is 22.0 Å². The highest BCUT2D eigenvalue weighted by molar-refractivity contribution is 6.03. The van der Waals surface area contributed by atoms with E-state index in [0.29, 0.717) is 16.6 Å². The minimum atomic E-state index is -0.961. The van der Waals surface area contributed by atoms with Crippen LogP contribution >= 0.6 is 0 Å². The number of aryl methyl sites for hydroxylation is 1. The highest BCUT2D eigenvalue weighted by atomic mass is 16.4. The zero-order valence-corrected chi connectivity index (χ0v) is 12.1. The fraction of sp³-hybridized carbons (Fsp3) is 0.111. The average Bonchev–Trinajstić information content (AvgIpc) is 2.53. The number of aromatic carboxylic acids is 1. The molecule has 0 bridgehead atoms. The van der Waals surface area contributed by atoms with Crippen LogP contribution in [0.4, 0.5) is 0 Å². The maximum Gasteiger partial charge on any atom is 0.336 e. The van der Waals surface area contributed by atoms with Crippen molar-refractivity contribution in [2.45, 2.75) is 13.5 Å². The minimum absolute atomic E-state index is 0.0253. The first-order valence-corrected chi connectivity index (χ1v) is 6.93. The van der Waals surface area contributed by atoms with Crippen molar-refractivity contribution < 1.29 is 15.0 Å². The zero-order chi connectivity index (χ0) is 15.7. The van der Waals surface area contributed by atoms with E-state index in [-0.39, 0.29) is 12.2 Å². The lowest BCUT2D eigenvalue weighted by molar-refractivity contribution is 0.0699. The third-order valence-electron chi connectivity index (χ3n) is 3.61. The van der Waals surface area contributed by atoms with E-state index in [0.717, 1.165) is 16.7 Å². The summed E-state index contributed by atoms with van der Waals surface area (Å²) in [5, 5.41) is 19.2. The number of aliphatic hydroxyl groups excluding tert-OH is 1. The number of rotatable bonds is 3. The van der Waals surface area contributed by atoms with E-state index < -0.39 is 5.97 Å². The van der Waals surface area contributed by atoms with Gasteiger partial charge in [0.1, 0.15) is 0 Å². The van der Waals surface area contributed by atoms with E-state index in [1.807, 2.05) is 42.5 Å². The molecule has 4 nitrogen and oxygen atoms in total. The van der Waals surface area contributed by atoms with E-state index in [1.54, 1.807) is 13.0 Å². The molecule has 1 aromatic heterocycles. The van der Waals surface area contributed by atoms with Gasteiger partial charge in [-0.3, -0.25) is 4.98 Å². The number of hydrogen-bond acceptors (Lipinski definition) is 3. The number of aliphatic hydroxyl groups is 1. The molecule has 0 radical (unpaired) electrons. The van der Waals surface area contributed by atoms with Crippen LogP contribution in [-0.2, 0) is 6.61 Å². The second kappa shape index (κ2) is 5.58. The Balaban J connectivity index is 2.22. The first-order chi connectivity index (χ1) is 10.6. The topological polar surface area (TPSA) is 70.4 Å². The molecule has 0 aliphatic carbocycles. The summed E-state index contributed by atoms with van der Waals surface area (Å²) in [4.78, 5) is 15.8. The van der Waals surface area contributed by atoms with E-state index >= 15 is 0 Å². The van der Waals surface area contributed by atoms with Crippen molar-refractivity contribution in [1.29, 1.82) is 0 Å². The Morgan fingerprint density at radius 3 is 2.59 bits per heavy atom. The van der Waals surface area contributed by atoms with Gasteiger partial charge in [0.15, 0.2) is 0 Å². The smallest absolute Gasteiger partial charge is 0.336 e. The average molecular weight is 293 g/mol. The number of fused-ring (bicyclic) bond motifs is 1. The predicted molar refractivity (Wildman–Crippen MR) is 84.8 cm³/mol. The first kappa shape index (κ1) is 14.2. The Bertz CT molecular complexity index is 871. The highest BCUT2D eigenvalue weighted by Crippen LogP contribution is 2.27. The Hall–Kier alpha value is -2.72. The lowest BCUT2D eigenvalue weighted by Crippen LogP contribution is -2.00. The van der Waals surface area contributed by atoms with Gasteiger partial charge in [0.2, 0.25) is 0 Å². The summed E-state index contributed by atoms with van der Waals surface area (Å²) in [6.07, 6.45) is 0. The molecule has 110 valence electrons. The van der Waals surface area contributed by atoms with Gasteiger partial charge in [0.05, 0.1) is 17.7 Å². The van der Waals surface area contributed by atoms with Gasteiger partial charge in [-0.1, -0.05) is 24.3 Å². The largest absolute Gasteiger partial charge is 0.478 e. The Labute approximate surface area is 127 Å². The van der Waals surface area contributed by atoms with Crippen LogP contribution < -0.4 is 0 Å². The molecule has 0 fully saturated rings. The molecular weight excluding hydrogens is 278 g/mol. The second-order valence-corrected chi connectivity index (χ2v) is 5.21. The number of hydrogen-bond donors (Lipinski definition) is 2. The van der Waals surface area contributed by atoms with Crippen molar-refractivity contribution in [2.24, 2.45) is 0 Å². The van der Waals surface area contributed by atoms with Crippen molar-refractivity contribution in [2.75, 3.05) is 0 Å². The molecule has 0 aliphatic heterocycles. The van der Waals surface area contributed by atoms with Crippen LogP contribution in [-0.4, -0.2) is 21.2 Å². The molecule has 0 saturated heterocycles. The molecule has 0 unspecified atom stereocenters. The van der Waals surface area contributed by atoms with Gasteiger partial charge in [-0.05, 0) is 47.9 Å². The van der Waals surface area contributed by atoms with E-state index in [9.17, 15) is 15.0 Å². The number of nitrogens with zero attached hydrogens (tertiary/aromatic N) is 1. The number of carboxylic acid groups (broad SMARTS) is 1. The van der Waals surface area contributed by atoms with Crippen molar-refractivity contribution in [1.82, 2.24) is 4.98 Å². The van der Waals surface area contributed by atoms with Crippen LogP contribution in [0.3, 0.4) is 0 Å². The van der Waals surface area contributed by atoms with Crippen LogP contribution in [0.15, 0.2) is 48.5 Å². The molecule has 22 heavy (non-hydrogen) atoms. The molecule has 2 N–H and O–H groups in total. The van der Waals surface area contributed by atoms with Crippen molar-refractivity contribution in [3.8, 4) is 11.1 Å². The molecular formula is C18H15NO3. The van der Waals surface area contributed by atoms with Gasteiger partial charge in [-0.15, -0.1) is 0 Å². The van der Waals surface area contributed by atoms with Crippen LogP contribution in [0.5, 0.6) is 0 Å². The van der Waals surface area contributed by atoms with Gasteiger partial charge >= 0.3 is 5.97 Å². The number of carbonyl (C=O) groups is 1. The zero-order valence-electron chi connectivity index (χ0n) is 12.1. The number of carboxylic acids is 1. The Morgan fingerprint density at radius 2 is 1.86 bits per heavy atom. The quantitative estimate of drug-likeness (QED) is 0.776. The maximum absolute atomic E-state index is 11.5. The summed E-state index contributed by atoms with van der Waals surface area (Å²) < 4.78 is 0. The van der Waals surface area contributed by atoms with Crippen LogP contribution in [0, 0.1) is 6.92 Å². The molecule has 0 amide bonds. The van der Waals surface area contributed by atoms with Crippen molar-refractivity contribution >= 4 is 16.9 Å². The van der Waals surface area contributed by atoms with E-state index in [1.165, 1.54) is 0 Å². The standard InChI is InChI=1S/C18H15NO3/c1-11-7-16(18(21)22)15-9-14(5-6-17(15)19-11)13-4-2-3-12(8-13)10-20/h2-9,20H,10H2,1H3,(H,21,22). The summed E-state index contributed by atoms with van der Waals surface area (Å²) in [5.74, 6) is -0.961. The normalized spacial score (nSPS) is 10.8. The van der Waals surface area contributed by atoms with Gasteiger partial charge in [0, 0.05) is 11.1 Å². The summed E-state index contributed by atoms with van der Waals surface area (Å²) in [6, 6.07) is 14.7. The Kier molecular flexibility index (Phi) is 3.61. The van der Waals surface area contributed by atoms with Gasteiger partial charge in [-0.2, -0.15) is 0 Å². The fourth-order valence-corrected chi connectivity index (χ4v) is 2.56. The SMILES string of the molecule is Cc1cc(C(=O)O)c2cc(-c3cccc(CO)c3)ccc2n1. The summed E-state index contributed by atoms with van der Waals surface area (Å²) in [5.41, 5.74) is 4.25. The number of pyridine rings is 1. The molecule has 4 heteroatoms. The molecule has 1 heterocycles. The fourth-order valence-electron chi connectivity index (χ4n) is 2.56. The molecule has 0 saturated carbocycles. The van der Waals surface area contributed by atoms with Crippen LogP contribution in [0.1, 0.15) is 21.6 Å². The summed E-state index contributed by atoms with van der Waals surface area (Å²) in [6.45, 7) is 1.76. The third kappa shape index (κ3) is 2.56. The molecule has 2 aromatic carbocycles. The number of benzene rings is 2. The highest BCUT2D eigenvalue weighted by Gasteiger charge is 2.11. The molecule has 3 rings (SSSR count). The first-order valence-electron chi connectivity index (χ1n) is 6.93.